The van der Waals surface area contributed by atoms with Crippen molar-refractivity contribution in [3.05, 3.63) is 40.9 Å². The number of halogens is 1. The van der Waals surface area contributed by atoms with Crippen molar-refractivity contribution in [3.63, 3.8) is 0 Å². The summed E-state index contributed by atoms with van der Waals surface area (Å²) in [6.07, 6.45) is 5.54. The molecule has 0 saturated heterocycles. The fraction of sp³-hybridized carbons (Fsp3) is 0.412. The Morgan fingerprint density at radius 3 is 2.82 bits per heavy atom. The van der Waals surface area contributed by atoms with Crippen molar-refractivity contribution in [3.8, 4) is 0 Å². The standard InChI is InChI=1S/C17H20ClNO3/c1-11-8-9-14(18)10-15(11)19-16(20)12(2)22-17(21)13-6-4-3-5-7-13/h3-4,8-10,12-13H,5-7H2,1-2H3,(H,19,20)/t12-,13-/m0/s1. The lowest BCUT2D eigenvalue weighted by Crippen LogP contribution is -2.32. The van der Waals surface area contributed by atoms with E-state index in [1.54, 1.807) is 19.1 Å². The first-order valence-corrected chi connectivity index (χ1v) is 7.77. The molecular weight excluding hydrogens is 302 g/mol. The Morgan fingerprint density at radius 2 is 2.14 bits per heavy atom. The van der Waals surface area contributed by atoms with E-state index >= 15 is 0 Å². The zero-order valence-corrected chi connectivity index (χ0v) is 13.5. The molecule has 0 bridgehead atoms. The molecule has 4 nitrogen and oxygen atoms in total. The predicted molar refractivity (Wildman–Crippen MR) is 86.9 cm³/mol. The van der Waals surface area contributed by atoms with Crippen LogP contribution in [0.4, 0.5) is 5.69 Å². The number of anilines is 1. The number of carbonyl (C=O) groups excluding carboxylic acids is 2. The van der Waals surface area contributed by atoms with E-state index in [1.165, 1.54) is 0 Å². The normalized spacial score (nSPS) is 18.6. The Labute approximate surface area is 135 Å². The van der Waals surface area contributed by atoms with Crippen LogP contribution in [0.25, 0.3) is 0 Å². The van der Waals surface area contributed by atoms with Crippen LogP contribution in [-0.4, -0.2) is 18.0 Å². The quantitative estimate of drug-likeness (QED) is 0.676. The molecule has 1 aliphatic carbocycles. The number of ether oxygens (including phenoxy) is 1. The fourth-order valence-electron chi connectivity index (χ4n) is 2.29. The second-order valence-corrected chi connectivity index (χ2v) is 5.95. The van der Waals surface area contributed by atoms with E-state index in [1.807, 2.05) is 19.1 Å². The first-order chi connectivity index (χ1) is 10.5. The number of aryl methyl sites for hydroxylation is 1. The molecule has 1 amide bonds. The summed E-state index contributed by atoms with van der Waals surface area (Å²) in [7, 11) is 0. The van der Waals surface area contributed by atoms with E-state index in [4.69, 9.17) is 16.3 Å². The van der Waals surface area contributed by atoms with E-state index < -0.39 is 6.10 Å². The molecule has 0 heterocycles. The van der Waals surface area contributed by atoms with Gasteiger partial charge in [0, 0.05) is 10.7 Å². The molecule has 0 unspecified atom stereocenters. The highest BCUT2D eigenvalue weighted by Crippen LogP contribution is 2.22. The molecule has 1 aliphatic rings. The van der Waals surface area contributed by atoms with E-state index in [-0.39, 0.29) is 17.8 Å². The third kappa shape index (κ3) is 4.34. The summed E-state index contributed by atoms with van der Waals surface area (Å²) in [5.41, 5.74) is 1.52. The maximum Gasteiger partial charge on any atom is 0.310 e. The minimum atomic E-state index is -0.836. The van der Waals surface area contributed by atoms with E-state index in [0.717, 1.165) is 18.4 Å². The van der Waals surface area contributed by atoms with Crippen molar-refractivity contribution in [1.82, 2.24) is 0 Å². The van der Waals surface area contributed by atoms with Gasteiger partial charge in [0.15, 0.2) is 6.10 Å². The summed E-state index contributed by atoms with van der Waals surface area (Å²) >= 11 is 5.92. The molecule has 0 spiro atoms. The first kappa shape index (κ1) is 16.6. The molecule has 0 aliphatic heterocycles. The minimum absolute atomic E-state index is 0.145. The number of benzene rings is 1. The summed E-state index contributed by atoms with van der Waals surface area (Å²) in [5.74, 6) is -0.812. The van der Waals surface area contributed by atoms with Crippen LogP contribution >= 0.6 is 11.6 Å². The Balaban J connectivity index is 1.93. The Hall–Kier alpha value is -1.81. The van der Waals surface area contributed by atoms with Gasteiger partial charge < -0.3 is 10.1 Å². The molecule has 0 fully saturated rings. The van der Waals surface area contributed by atoms with Gasteiger partial charge in [-0.1, -0.05) is 29.8 Å². The zero-order chi connectivity index (χ0) is 16.1. The van der Waals surface area contributed by atoms with Crippen LogP contribution in [-0.2, 0) is 14.3 Å². The number of hydrogen-bond acceptors (Lipinski definition) is 3. The van der Waals surface area contributed by atoms with Gasteiger partial charge >= 0.3 is 5.97 Å². The SMILES string of the molecule is Cc1ccc(Cl)cc1NC(=O)[C@H](C)OC(=O)[C@H]1CC=CCC1. The predicted octanol–water partition coefficient (Wildman–Crippen LogP) is 3.87. The number of allylic oxidation sites excluding steroid dienone is 2. The summed E-state index contributed by atoms with van der Waals surface area (Å²) in [6, 6.07) is 5.25. The molecule has 0 aromatic heterocycles. The number of carbonyl (C=O) groups is 2. The highest BCUT2D eigenvalue weighted by atomic mass is 35.5. The molecule has 22 heavy (non-hydrogen) atoms. The third-order valence-electron chi connectivity index (χ3n) is 3.72. The molecule has 2 atom stereocenters. The topological polar surface area (TPSA) is 55.4 Å². The summed E-state index contributed by atoms with van der Waals surface area (Å²) in [5, 5.41) is 3.29. The number of nitrogens with one attached hydrogen (secondary N) is 1. The van der Waals surface area contributed by atoms with Crippen molar-refractivity contribution in [2.75, 3.05) is 5.32 Å². The molecular formula is C17H20ClNO3. The maximum atomic E-state index is 12.1. The van der Waals surface area contributed by atoms with Crippen LogP contribution in [0.5, 0.6) is 0 Å². The van der Waals surface area contributed by atoms with Gasteiger partial charge in [-0.15, -0.1) is 0 Å². The Kier molecular flexibility index (Phi) is 5.61. The number of rotatable bonds is 4. The molecule has 118 valence electrons. The van der Waals surface area contributed by atoms with E-state index in [2.05, 4.69) is 11.4 Å². The second kappa shape index (κ2) is 7.45. The van der Waals surface area contributed by atoms with Crippen LogP contribution < -0.4 is 5.32 Å². The van der Waals surface area contributed by atoms with Gasteiger partial charge in [-0.05, 0) is 50.8 Å². The lowest BCUT2D eigenvalue weighted by Gasteiger charge is -2.20. The van der Waals surface area contributed by atoms with Gasteiger partial charge in [0.2, 0.25) is 0 Å². The summed E-state index contributed by atoms with van der Waals surface area (Å²) in [4.78, 5) is 24.2. The highest BCUT2D eigenvalue weighted by molar-refractivity contribution is 6.31. The monoisotopic (exact) mass is 321 g/mol. The van der Waals surface area contributed by atoms with Gasteiger partial charge in [0.25, 0.3) is 5.91 Å². The molecule has 1 aromatic carbocycles. The third-order valence-corrected chi connectivity index (χ3v) is 3.96. The average Bonchev–Trinajstić information content (AvgIpc) is 2.51. The van der Waals surface area contributed by atoms with Gasteiger partial charge in [0.1, 0.15) is 0 Å². The van der Waals surface area contributed by atoms with Gasteiger partial charge in [-0.2, -0.15) is 0 Å². The number of hydrogen-bond donors (Lipinski definition) is 1. The van der Waals surface area contributed by atoms with Crippen LogP contribution in [0.15, 0.2) is 30.4 Å². The molecule has 5 heteroatoms. The molecule has 0 saturated carbocycles. The molecule has 1 aromatic rings. The molecule has 1 N–H and O–H groups in total. The highest BCUT2D eigenvalue weighted by Gasteiger charge is 2.25. The Morgan fingerprint density at radius 1 is 1.36 bits per heavy atom. The minimum Gasteiger partial charge on any atom is -0.452 e. The fourth-order valence-corrected chi connectivity index (χ4v) is 2.47. The van der Waals surface area contributed by atoms with Gasteiger partial charge in [0.05, 0.1) is 5.92 Å². The van der Waals surface area contributed by atoms with Crippen molar-refractivity contribution >= 4 is 29.2 Å². The zero-order valence-electron chi connectivity index (χ0n) is 12.8. The second-order valence-electron chi connectivity index (χ2n) is 5.51. The van der Waals surface area contributed by atoms with Crippen molar-refractivity contribution < 1.29 is 14.3 Å². The molecule has 2 rings (SSSR count). The van der Waals surface area contributed by atoms with Crippen molar-refractivity contribution in [1.29, 1.82) is 0 Å². The largest absolute Gasteiger partial charge is 0.452 e. The smallest absolute Gasteiger partial charge is 0.310 e. The van der Waals surface area contributed by atoms with E-state index in [0.29, 0.717) is 17.1 Å². The lowest BCUT2D eigenvalue weighted by atomic mass is 9.95. The number of esters is 1. The van der Waals surface area contributed by atoms with E-state index in [9.17, 15) is 9.59 Å². The van der Waals surface area contributed by atoms with Gasteiger partial charge in [-0.3, -0.25) is 9.59 Å². The van der Waals surface area contributed by atoms with Crippen LogP contribution in [0.2, 0.25) is 5.02 Å². The lowest BCUT2D eigenvalue weighted by molar-refractivity contribution is -0.157. The molecule has 0 radical (unpaired) electrons. The van der Waals surface area contributed by atoms with Crippen LogP contribution in [0.1, 0.15) is 31.7 Å². The van der Waals surface area contributed by atoms with Crippen molar-refractivity contribution in [2.45, 2.75) is 39.2 Å². The Bertz CT molecular complexity index is 598. The number of amides is 1. The van der Waals surface area contributed by atoms with Crippen molar-refractivity contribution in [2.24, 2.45) is 5.92 Å². The first-order valence-electron chi connectivity index (χ1n) is 7.40. The van der Waals surface area contributed by atoms with Crippen LogP contribution in [0.3, 0.4) is 0 Å². The van der Waals surface area contributed by atoms with Crippen LogP contribution in [0, 0.1) is 12.8 Å². The van der Waals surface area contributed by atoms with Gasteiger partial charge in [-0.25, -0.2) is 0 Å². The summed E-state index contributed by atoms with van der Waals surface area (Å²) in [6.45, 7) is 3.45. The maximum absolute atomic E-state index is 12.1. The average molecular weight is 322 g/mol. The summed E-state index contributed by atoms with van der Waals surface area (Å²) < 4.78 is 5.28.